The van der Waals surface area contributed by atoms with Gasteiger partial charge in [0.15, 0.2) is 0 Å². The highest BCUT2D eigenvalue weighted by molar-refractivity contribution is 9.10. The minimum Gasteiger partial charge on any atom is -0.443 e. The normalized spacial score (nSPS) is 22.8. The molecule has 0 bridgehead atoms. The van der Waals surface area contributed by atoms with E-state index in [-0.39, 0.29) is 25.3 Å². The second-order valence-corrected chi connectivity index (χ2v) is 8.30. The first-order valence-corrected chi connectivity index (χ1v) is 9.16. The fourth-order valence-electron chi connectivity index (χ4n) is 2.82. The van der Waals surface area contributed by atoms with E-state index in [0.717, 1.165) is 0 Å². The number of nitrogens with zero attached hydrogens (tertiary/aromatic N) is 4. The average molecular weight is 427 g/mol. The van der Waals surface area contributed by atoms with Crippen molar-refractivity contribution in [2.24, 2.45) is 10.4 Å². The van der Waals surface area contributed by atoms with Gasteiger partial charge in [-0.15, -0.1) is 0 Å². The first-order valence-electron chi connectivity index (χ1n) is 8.36. The van der Waals surface area contributed by atoms with Crippen molar-refractivity contribution in [3.05, 3.63) is 29.1 Å². The number of aliphatic imine (C=N–C) groups is 1. The van der Waals surface area contributed by atoms with E-state index < -0.39 is 23.3 Å². The van der Waals surface area contributed by atoms with Crippen molar-refractivity contribution in [1.29, 1.82) is 0 Å². The van der Waals surface area contributed by atoms with Crippen molar-refractivity contribution < 1.29 is 13.9 Å². The Labute approximate surface area is 161 Å². The van der Waals surface area contributed by atoms with Crippen LogP contribution < -0.4 is 4.90 Å². The van der Waals surface area contributed by atoms with Crippen LogP contribution in [0.3, 0.4) is 0 Å². The van der Waals surface area contributed by atoms with Crippen LogP contribution >= 0.6 is 15.9 Å². The van der Waals surface area contributed by atoms with Crippen molar-refractivity contribution in [1.82, 2.24) is 9.97 Å². The van der Waals surface area contributed by atoms with E-state index in [9.17, 15) is 9.18 Å². The van der Waals surface area contributed by atoms with Crippen LogP contribution in [0.5, 0.6) is 0 Å². The maximum Gasteiger partial charge on any atom is 0.417 e. The van der Waals surface area contributed by atoms with Crippen LogP contribution in [0, 0.1) is 5.41 Å². The predicted molar refractivity (Wildman–Crippen MR) is 103 cm³/mol. The van der Waals surface area contributed by atoms with Gasteiger partial charge in [0, 0.05) is 36.3 Å². The number of carbonyl (C=O) groups excluding carboxylic acids is 1. The lowest BCUT2D eigenvalue weighted by atomic mass is 9.65. The molecule has 1 heterocycles. The molecule has 0 aliphatic heterocycles. The third kappa shape index (κ3) is 4.87. The zero-order chi connectivity index (χ0) is 19.5. The highest BCUT2D eigenvalue weighted by atomic mass is 79.9. The smallest absolute Gasteiger partial charge is 0.417 e. The van der Waals surface area contributed by atoms with Crippen LogP contribution in [0.25, 0.3) is 0 Å². The van der Waals surface area contributed by atoms with Gasteiger partial charge in [0.05, 0.1) is 4.47 Å². The summed E-state index contributed by atoms with van der Waals surface area (Å²) in [7, 11) is 0. The molecule has 1 aliphatic rings. The molecule has 8 heteroatoms. The molecule has 0 unspecified atom stereocenters. The summed E-state index contributed by atoms with van der Waals surface area (Å²) in [6.45, 7) is 11.2. The summed E-state index contributed by atoms with van der Waals surface area (Å²) in [6.07, 6.45) is 3.68. The number of hydrogen-bond acceptors (Lipinski definition) is 5. The molecule has 0 atom stereocenters. The topological polar surface area (TPSA) is 67.7 Å². The van der Waals surface area contributed by atoms with E-state index in [1.807, 2.05) is 0 Å². The van der Waals surface area contributed by atoms with E-state index in [0.29, 0.717) is 10.2 Å². The van der Waals surface area contributed by atoms with Crippen LogP contribution in [0.1, 0.15) is 40.5 Å². The number of carbonyl (C=O) groups is 1. The van der Waals surface area contributed by atoms with Gasteiger partial charge in [0.1, 0.15) is 11.8 Å². The molecule has 2 rings (SSSR count). The lowest BCUT2D eigenvalue weighted by molar-refractivity contribution is 0.0422. The summed E-state index contributed by atoms with van der Waals surface area (Å²) in [4.78, 5) is 26.7. The van der Waals surface area contributed by atoms with Gasteiger partial charge in [-0.05, 0) is 56.5 Å². The molecular formula is C18H24BrFN4O2. The van der Waals surface area contributed by atoms with Crippen LogP contribution in [0.2, 0.25) is 0 Å². The molecule has 1 aromatic heterocycles. The zero-order valence-electron chi connectivity index (χ0n) is 15.5. The number of rotatable bonds is 5. The van der Waals surface area contributed by atoms with E-state index in [1.165, 1.54) is 4.90 Å². The van der Waals surface area contributed by atoms with Gasteiger partial charge in [-0.1, -0.05) is 6.58 Å². The number of anilines is 1. The van der Waals surface area contributed by atoms with Crippen molar-refractivity contribution in [2.45, 2.75) is 52.3 Å². The van der Waals surface area contributed by atoms with Gasteiger partial charge in [0.25, 0.3) is 0 Å². The lowest BCUT2D eigenvalue weighted by Gasteiger charge is -2.46. The summed E-state index contributed by atoms with van der Waals surface area (Å²) >= 11 is 3.28. The molecule has 0 saturated heterocycles. The zero-order valence-corrected chi connectivity index (χ0v) is 17.1. The molecule has 1 aliphatic carbocycles. The summed E-state index contributed by atoms with van der Waals surface area (Å²) in [5.41, 5.74) is -0.794. The second kappa shape index (κ2) is 7.82. The molecule has 1 saturated carbocycles. The summed E-state index contributed by atoms with van der Waals surface area (Å²) in [5.74, 6) is 0.192. The first-order chi connectivity index (χ1) is 12.1. The van der Waals surface area contributed by atoms with E-state index in [2.05, 4.69) is 37.5 Å². The number of aromatic nitrogens is 2. The van der Waals surface area contributed by atoms with Gasteiger partial charge < -0.3 is 4.74 Å². The Balaban J connectivity index is 2.35. The Morgan fingerprint density at radius 3 is 2.54 bits per heavy atom. The van der Waals surface area contributed by atoms with Crippen LogP contribution in [-0.4, -0.2) is 40.6 Å². The van der Waals surface area contributed by atoms with E-state index in [4.69, 9.17) is 4.74 Å². The van der Waals surface area contributed by atoms with E-state index in [1.54, 1.807) is 46.3 Å². The Hall–Kier alpha value is -1.83. The van der Waals surface area contributed by atoms with Crippen molar-refractivity contribution in [3.63, 3.8) is 0 Å². The summed E-state index contributed by atoms with van der Waals surface area (Å²) < 4.78 is 19.9. The van der Waals surface area contributed by atoms with Gasteiger partial charge in [-0.3, -0.25) is 4.99 Å². The molecule has 1 aromatic rings. The lowest BCUT2D eigenvalue weighted by Crippen LogP contribution is -2.51. The van der Waals surface area contributed by atoms with Gasteiger partial charge in [-0.2, -0.15) is 0 Å². The van der Waals surface area contributed by atoms with E-state index >= 15 is 0 Å². The Morgan fingerprint density at radius 2 is 2.08 bits per heavy atom. The van der Waals surface area contributed by atoms with Crippen LogP contribution in [0.15, 0.2) is 34.1 Å². The monoisotopic (exact) mass is 426 g/mol. The molecule has 0 aromatic carbocycles. The van der Waals surface area contributed by atoms with Gasteiger partial charge >= 0.3 is 6.09 Å². The standard InChI is InChI=1S/C18H24BrFN4O2/c1-6-21-12(2)18(7-14(20)8-18)11-24(16(25)26-17(3,4)5)15-22-9-13(19)10-23-15/h6,9-10,14H,2,7-8,11H2,1,3-5H3. The summed E-state index contributed by atoms with van der Waals surface area (Å²) in [5, 5.41) is 0. The molecule has 0 radical (unpaired) electrons. The highest BCUT2D eigenvalue weighted by Crippen LogP contribution is 2.49. The SMILES string of the molecule is C=C(N=CC)C1(CN(C(=O)OC(C)(C)C)c2ncc(Br)cn2)CC(F)C1. The predicted octanol–water partition coefficient (Wildman–Crippen LogP) is 4.70. The highest BCUT2D eigenvalue weighted by Gasteiger charge is 2.49. The fourth-order valence-corrected chi connectivity index (χ4v) is 3.02. The molecule has 6 nitrogen and oxygen atoms in total. The second-order valence-electron chi connectivity index (χ2n) is 7.39. The number of halogens is 2. The molecule has 0 spiro atoms. The fraction of sp³-hybridized carbons (Fsp3) is 0.556. The molecular weight excluding hydrogens is 403 g/mol. The third-order valence-corrected chi connectivity index (χ3v) is 4.45. The van der Waals surface area contributed by atoms with Crippen molar-refractivity contribution in [3.8, 4) is 0 Å². The Kier molecular flexibility index (Phi) is 6.16. The number of ether oxygens (including phenoxy) is 1. The molecule has 0 N–H and O–H groups in total. The molecule has 26 heavy (non-hydrogen) atoms. The summed E-state index contributed by atoms with van der Waals surface area (Å²) in [6, 6.07) is 0. The first kappa shape index (κ1) is 20.5. The Morgan fingerprint density at radius 1 is 1.50 bits per heavy atom. The maximum absolute atomic E-state index is 13.7. The van der Waals surface area contributed by atoms with Gasteiger partial charge in [0.2, 0.25) is 5.95 Å². The minimum atomic E-state index is -0.940. The molecule has 142 valence electrons. The molecule has 1 amide bonds. The largest absolute Gasteiger partial charge is 0.443 e. The van der Waals surface area contributed by atoms with Crippen molar-refractivity contribution in [2.75, 3.05) is 11.4 Å². The van der Waals surface area contributed by atoms with Gasteiger partial charge in [-0.25, -0.2) is 24.1 Å². The minimum absolute atomic E-state index is 0.153. The van der Waals surface area contributed by atoms with Crippen LogP contribution in [0.4, 0.5) is 15.1 Å². The number of amides is 1. The maximum atomic E-state index is 13.7. The van der Waals surface area contributed by atoms with Crippen LogP contribution in [-0.2, 0) is 4.74 Å². The third-order valence-electron chi connectivity index (χ3n) is 4.04. The number of hydrogen-bond donors (Lipinski definition) is 0. The average Bonchev–Trinajstić information content (AvgIpc) is 2.49. The Bertz CT molecular complexity index is 694. The molecule has 1 fully saturated rings. The van der Waals surface area contributed by atoms with Crippen molar-refractivity contribution >= 4 is 34.2 Å². The quantitative estimate of drug-likeness (QED) is 0.639. The number of alkyl halides is 1.